The van der Waals surface area contributed by atoms with Crippen molar-refractivity contribution in [2.24, 2.45) is 10.9 Å². The lowest BCUT2D eigenvalue weighted by Gasteiger charge is -2.12. The highest BCUT2D eigenvalue weighted by Gasteiger charge is 2.19. The Bertz CT molecular complexity index is 476. The molecule has 1 aliphatic rings. The summed E-state index contributed by atoms with van der Waals surface area (Å²) in [5.74, 6) is 0.691. The molecule has 0 saturated heterocycles. The monoisotopic (exact) mass is 409 g/mol. The molecule has 0 aliphatic heterocycles. The van der Waals surface area contributed by atoms with E-state index in [1.54, 1.807) is 7.05 Å². The third kappa shape index (κ3) is 6.58. The van der Waals surface area contributed by atoms with Crippen molar-refractivity contribution in [1.29, 1.82) is 0 Å². The van der Waals surface area contributed by atoms with Gasteiger partial charge in [-0.2, -0.15) is 0 Å². The van der Waals surface area contributed by atoms with E-state index in [1.165, 1.54) is 25.3 Å². The topological polar surface area (TPSA) is 36.4 Å². The molecule has 0 amide bonds. The molecule has 0 aromatic heterocycles. The van der Waals surface area contributed by atoms with E-state index in [0.717, 1.165) is 31.0 Å². The summed E-state index contributed by atoms with van der Waals surface area (Å²) in [6, 6.07) is 3.45. The van der Waals surface area contributed by atoms with Crippen molar-refractivity contribution in [3.63, 3.8) is 0 Å². The van der Waals surface area contributed by atoms with Crippen LogP contribution in [0.1, 0.15) is 31.2 Å². The van der Waals surface area contributed by atoms with Crippen LogP contribution in [0.3, 0.4) is 0 Å². The third-order valence-corrected chi connectivity index (χ3v) is 3.46. The molecule has 1 fully saturated rings. The lowest BCUT2D eigenvalue weighted by Crippen LogP contribution is -2.37. The van der Waals surface area contributed by atoms with Crippen LogP contribution in [0.2, 0.25) is 0 Å². The number of aliphatic imine (C=N–C) groups is 1. The Morgan fingerprint density at radius 2 is 2.05 bits per heavy atom. The lowest BCUT2D eigenvalue weighted by molar-refractivity contribution is 0.580. The van der Waals surface area contributed by atoms with Gasteiger partial charge in [0.15, 0.2) is 5.96 Å². The summed E-state index contributed by atoms with van der Waals surface area (Å²) < 4.78 is 26.5. The largest absolute Gasteiger partial charge is 0.356 e. The average molecular weight is 409 g/mol. The van der Waals surface area contributed by atoms with Crippen LogP contribution >= 0.6 is 24.0 Å². The summed E-state index contributed by atoms with van der Waals surface area (Å²) in [4.78, 5) is 4.07. The van der Waals surface area contributed by atoms with Crippen molar-refractivity contribution in [1.82, 2.24) is 10.6 Å². The molecule has 0 atom stereocenters. The van der Waals surface area contributed by atoms with E-state index >= 15 is 0 Å². The summed E-state index contributed by atoms with van der Waals surface area (Å²) >= 11 is 0. The maximum atomic E-state index is 13.5. The minimum absolute atomic E-state index is 0. The maximum Gasteiger partial charge on any atom is 0.191 e. The van der Waals surface area contributed by atoms with Crippen LogP contribution < -0.4 is 10.6 Å². The van der Waals surface area contributed by atoms with Gasteiger partial charge in [0, 0.05) is 25.7 Å². The smallest absolute Gasteiger partial charge is 0.191 e. The van der Waals surface area contributed by atoms with Gasteiger partial charge in [0.1, 0.15) is 11.6 Å². The molecule has 1 aliphatic carbocycles. The molecule has 2 rings (SSSR count). The molecule has 2 N–H and O–H groups in total. The third-order valence-electron chi connectivity index (χ3n) is 3.46. The van der Waals surface area contributed by atoms with Crippen LogP contribution in [0.5, 0.6) is 0 Å². The molecule has 0 bridgehead atoms. The van der Waals surface area contributed by atoms with E-state index in [9.17, 15) is 8.78 Å². The van der Waals surface area contributed by atoms with Crippen molar-refractivity contribution in [2.75, 3.05) is 13.6 Å². The van der Waals surface area contributed by atoms with Gasteiger partial charge < -0.3 is 10.6 Å². The Balaban J connectivity index is 0.00000220. The first kappa shape index (κ1) is 18.1. The Morgan fingerprint density at radius 3 is 2.71 bits per heavy atom. The molecule has 1 aromatic rings. The second-order valence-corrected chi connectivity index (χ2v) is 5.17. The Hall–Kier alpha value is -0.920. The number of hydrogen-bond donors (Lipinski definition) is 2. The average Bonchev–Trinajstić information content (AvgIpc) is 3.25. The van der Waals surface area contributed by atoms with Crippen LogP contribution in [0.25, 0.3) is 0 Å². The van der Waals surface area contributed by atoms with Gasteiger partial charge in [0.2, 0.25) is 0 Å². The highest BCUT2D eigenvalue weighted by atomic mass is 127. The molecule has 0 unspecified atom stereocenters. The predicted octanol–water partition coefficient (Wildman–Crippen LogP) is 3.44. The van der Waals surface area contributed by atoms with Gasteiger partial charge in [-0.05, 0) is 37.0 Å². The Kier molecular flexibility index (Phi) is 7.92. The highest BCUT2D eigenvalue weighted by molar-refractivity contribution is 14.0. The van der Waals surface area contributed by atoms with E-state index in [0.29, 0.717) is 11.5 Å². The van der Waals surface area contributed by atoms with E-state index in [4.69, 9.17) is 0 Å². The van der Waals surface area contributed by atoms with Gasteiger partial charge in [-0.3, -0.25) is 4.99 Å². The molecular formula is C15H22F2IN3. The zero-order chi connectivity index (χ0) is 14.4. The van der Waals surface area contributed by atoms with Crippen LogP contribution in [0.15, 0.2) is 23.2 Å². The molecule has 0 spiro atoms. The molecule has 6 heteroatoms. The fourth-order valence-electron chi connectivity index (χ4n) is 2.08. The van der Waals surface area contributed by atoms with E-state index in [2.05, 4.69) is 15.6 Å². The summed E-state index contributed by atoms with van der Waals surface area (Å²) in [7, 11) is 1.66. The number of nitrogens with zero attached hydrogens (tertiary/aromatic N) is 1. The number of rotatable bonds is 6. The molecule has 3 nitrogen and oxygen atoms in total. The Morgan fingerprint density at radius 1 is 1.29 bits per heavy atom. The van der Waals surface area contributed by atoms with Gasteiger partial charge in [-0.25, -0.2) is 8.78 Å². The van der Waals surface area contributed by atoms with Gasteiger partial charge in [-0.1, -0.05) is 12.8 Å². The van der Waals surface area contributed by atoms with Crippen LogP contribution in [-0.4, -0.2) is 19.6 Å². The molecule has 1 aromatic carbocycles. The summed E-state index contributed by atoms with van der Waals surface area (Å²) in [5, 5.41) is 6.17. The van der Waals surface area contributed by atoms with Crippen molar-refractivity contribution in [3.8, 4) is 0 Å². The second-order valence-electron chi connectivity index (χ2n) is 5.17. The zero-order valence-corrected chi connectivity index (χ0v) is 14.5. The van der Waals surface area contributed by atoms with Crippen molar-refractivity contribution in [3.05, 3.63) is 35.4 Å². The Labute approximate surface area is 141 Å². The quantitative estimate of drug-likeness (QED) is 0.327. The number of halogens is 3. The molecule has 0 radical (unpaired) electrons. The van der Waals surface area contributed by atoms with Gasteiger partial charge in [0.25, 0.3) is 0 Å². The molecular weight excluding hydrogens is 387 g/mol. The maximum absolute atomic E-state index is 13.5. The molecule has 21 heavy (non-hydrogen) atoms. The van der Waals surface area contributed by atoms with Gasteiger partial charge >= 0.3 is 0 Å². The zero-order valence-electron chi connectivity index (χ0n) is 12.2. The van der Waals surface area contributed by atoms with E-state index in [1.807, 2.05) is 0 Å². The van der Waals surface area contributed by atoms with Crippen LogP contribution in [0, 0.1) is 17.6 Å². The predicted molar refractivity (Wildman–Crippen MR) is 91.9 cm³/mol. The fourth-order valence-corrected chi connectivity index (χ4v) is 2.08. The van der Waals surface area contributed by atoms with E-state index < -0.39 is 11.6 Å². The number of benzene rings is 1. The minimum atomic E-state index is -0.435. The summed E-state index contributed by atoms with van der Waals surface area (Å²) in [6.07, 6.45) is 5.10. The summed E-state index contributed by atoms with van der Waals surface area (Å²) in [6.45, 7) is 1.06. The first-order valence-electron chi connectivity index (χ1n) is 7.07. The minimum Gasteiger partial charge on any atom is -0.356 e. The number of nitrogens with one attached hydrogen (secondary N) is 2. The number of hydrogen-bond acceptors (Lipinski definition) is 1. The standard InChI is InChI=1S/C15H21F2N3.HI/c1-18-15(19-8-2-3-11-4-5-11)20-10-12-9-13(16)6-7-14(12)17;/h6-7,9,11H,2-5,8,10H2,1H3,(H2,18,19,20);1H. The first-order chi connectivity index (χ1) is 9.69. The SMILES string of the molecule is CN=C(NCCCC1CC1)NCc1cc(F)ccc1F.I. The normalized spacial score (nSPS) is 14.5. The molecule has 1 saturated carbocycles. The lowest BCUT2D eigenvalue weighted by atomic mass is 10.2. The van der Waals surface area contributed by atoms with Crippen molar-refractivity contribution >= 4 is 29.9 Å². The molecule has 0 heterocycles. The second kappa shape index (κ2) is 9.17. The molecule has 118 valence electrons. The highest BCUT2D eigenvalue weighted by Crippen LogP contribution is 2.33. The van der Waals surface area contributed by atoms with Crippen LogP contribution in [0.4, 0.5) is 8.78 Å². The van der Waals surface area contributed by atoms with Crippen molar-refractivity contribution in [2.45, 2.75) is 32.2 Å². The van der Waals surface area contributed by atoms with Crippen molar-refractivity contribution < 1.29 is 8.78 Å². The fraction of sp³-hybridized carbons (Fsp3) is 0.533. The summed E-state index contributed by atoms with van der Waals surface area (Å²) in [5.41, 5.74) is 0.297. The first-order valence-corrected chi connectivity index (χ1v) is 7.07. The van der Waals surface area contributed by atoms with Gasteiger partial charge in [0.05, 0.1) is 0 Å². The van der Waals surface area contributed by atoms with Gasteiger partial charge in [-0.15, -0.1) is 24.0 Å². The van der Waals surface area contributed by atoms with Crippen LogP contribution in [-0.2, 0) is 6.54 Å². The van der Waals surface area contributed by atoms with E-state index in [-0.39, 0.29) is 30.5 Å². The number of guanidine groups is 1.